The Morgan fingerprint density at radius 2 is 2.29 bits per heavy atom. The molecule has 3 N–H and O–H groups in total. The van der Waals surface area contributed by atoms with Crippen LogP contribution in [-0.4, -0.2) is 12.6 Å². The van der Waals surface area contributed by atoms with Gasteiger partial charge in [-0.1, -0.05) is 12.2 Å². The van der Waals surface area contributed by atoms with E-state index in [1.54, 1.807) is 11.3 Å². The van der Waals surface area contributed by atoms with Crippen LogP contribution in [0.1, 0.15) is 24.4 Å². The van der Waals surface area contributed by atoms with E-state index >= 15 is 0 Å². The maximum Gasteiger partial charge on any atom is 0.0455 e. The van der Waals surface area contributed by atoms with Crippen molar-refractivity contribution in [2.24, 2.45) is 5.73 Å². The van der Waals surface area contributed by atoms with E-state index in [4.69, 9.17) is 5.73 Å². The maximum absolute atomic E-state index is 5.76. The molecule has 1 aliphatic rings. The summed E-state index contributed by atoms with van der Waals surface area (Å²) in [5, 5.41) is 7.86. The van der Waals surface area contributed by atoms with Gasteiger partial charge in [0, 0.05) is 18.6 Å². The van der Waals surface area contributed by atoms with Gasteiger partial charge in [0.1, 0.15) is 0 Å². The monoisotopic (exact) mass is 208 g/mol. The van der Waals surface area contributed by atoms with Crippen molar-refractivity contribution in [3.63, 3.8) is 0 Å². The Labute approximate surface area is 88.8 Å². The van der Waals surface area contributed by atoms with E-state index < -0.39 is 0 Å². The molecule has 0 saturated carbocycles. The van der Waals surface area contributed by atoms with Crippen molar-refractivity contribution in [2.75, 3.05) is 6.54 Å². The zero-order valence-electron chi connectivity index (χ0n) is 8.15. The molecule has 0 amide bonds. The minimum atomic E-state index is 0.325. The SMILES string of the molecule is NCC(NC1CC=CC1)c1ccsc1. The first-order chi connectivity index (χ1) is 6.90. The minimum absolute atomic E-state index is 0.325. The van der Waals surface area contributed by atoms with Gasteiger partial charge in [-0.25, -0.2) is 0 Å². The van der Waals surface area contributed by atoms with Crippen molar-refractivity contribution in [1.29, 1.82) is 0 Å². The van der Waals surface area contributed by atoms with Crippen LogP contribution in [0.4, 0.5) is 0 Å². The standard InChI is InChI=1S/C11H16N2S/c12-7-11(9-5-6-14-8-9)13-10-3-1-2-4-10/h1-2,5-6,8,10-11,13H,3-4,7,12H2. The molecule has 3 heteroatoms. The number of nitrogens with two attached hydrogens (primary N) is 1. The summed E-state index contributed by atoms with van der Waals surface area (Å²) in [7, 11) is 0. The van der Waals surface area contributed by atoms with Gasteiger partial charge < -0.3 is 11.1 Å². The average Bonchev–Trinajstić information content (AvgIpc) is 2.86. The van der Waals surface area contributed by atoms with E-state index in [1.165, 1.54) is 5.56 Å². The first-order valence-corrected chi connectivity index (χ1v) is 5.97. The van der Waals surface area contributed by atoms with Crippen LogP contribution < -0.4 is 11.1 Å². The van der Waals surface area contributed by atoms with Gasteiger partial charge in [0.2, 0.25) is 0 Å². The summed E-state index contributed by atoms with van der Waals surface area (Å²) < 4.78 is 0. The Bertz CT molecular complexity index is 284. The van der Waals surface area contributed by atoms with E-state index in [-0.39, 0.29) is 0 Å². The van der Waals surface area contributed by atoms with E-state index in [1.807, 2.05) is 0 Å². The number of hydrogen-bond acceptors (Lipinski definition) is 3. The fourth-order valence-corrected chi connectivity index (χ4v) is 2.53. The average molecular weight is 208 g/mol. The van der Waals surface area contributed by atoms with Gasteiger partial charge in [-0.3, -0.25) is 0 Å². The summed E-state index contributed by atoms with van der Waals surface area (Å²) in [6.07, 6.45) is 6.75. The molecule has 76 valence electrons. The van der Waals surface area contributed by atoms with Crippen LogP contribution in [0, 0.1) is 0 Å². The first kappa shape index (κ1) is 9.90. The van der Waals surface area contributed by atoms with Crippen LogP contribution in [0.25, 0.3) is 0 Å². The predicted molar refractivity (Wildman–Crippen MR) is 61.4 cm³/mol. The molecule has 1 aromatic rings. The number of thiophene rings is 1. The lowest BCUT2D eigenvalue weighted by atomic mass is 10.1. The zero-order chi connectivity index (χ0) is 9.80. The second-order valence-electron chi connectivity index (χ2n) is 3.65. The van der Waals surface area contributed by atoms with Gasteiger partial charge in [-0.05, 0) is 35.2 Å². The fourth-order valence-electron chi connectivity index (χ4n) is 1.81. The molecule has 1 aliphatic carbocycles. The second-order valence-corrected chi connectivity index (χ2v) is 4.43. The number of rotatable bonds is 4. The highest BCUT2D eigenvalue weighted by molar-refractivity contribution is 7.07. The molecule has 0 spiro atoms. The minimum Gasteiger partial charge on any atom is -0.329 e. The fraction of sp³-hybridized carbons (Fsp3) is 0.455. The van der Waals surface area contributed by atoms with Crippen LogP contribution in [0.3, 0.4) is 0 Å². The Morgan fingerprint density at radius 3 is 2.86 bits per heavy atom. The molecular formula is C11H16N2S. The largest absolute Gasteiger partial charge is 0.329 e. The molecule has 2 nitrogen and oxygen atoms in total. The topological polar surface area (TPSA) is 38.0 Å². The molecule has 0 radical (unpaired) electrons. The number of nitrogens with one attached hydrogen (secondary N) is 1. The lowest BCUT2D eigenvalue weighted by Crippen LogP contribution is -2.35. The predicted octanol–water partition coefficient (Wildman–Crippen LogP) is 2.06. The Balaban J connectivity index is 1.93. The summed E-state index contributed by atoms with van der Waals surface area (Å²) in [4.78, 5) is 0. The third-order valence-corrected chi connectivity index (χ3v) is 3.33. The van der Waals surface area contributed by atoms with Crippen molar-refractivity contribution in [3.05, 3.63) is 34.5 Å². The van der Waals surface area contributed by atoms with Crippen molar-refractivity contribution >= 4 is 11.3 Å². The normalized spacial score (nSPS) is 18.9. The van der Waals surface area contributed by atoms with Crippen LogP contribution >= 0.6 is 11.3 Å². The maximum atomic E-state index is 5.76. The lowest BCUT2D eigenvalue weighted by Gasteiger charge is -2.20. The van der Waals surface area contributed by atoms with Crippen molar-refractivity contribution < 1.29 is 0 Å². The van der Waals surface area contributed by atoms with Crippen molar-refractivity contribution in [2.45, 2.75) is 24.9 Å². The first-order valence-electron chi connectivity index (χ1n) is 5.03. The molecule has 1 aromatic heterocycles. The molecule has 0 aliphatic heterocycles. The highest BCUT2D eigenvalue weighted by Crippen LogP contribution is 2.19. The summed E-state index contributed by atoms with van der Waals surface area (Å²) in [6, 6.07) is 3.06. The van der Waals surface area contributed by atoms with Crippen molar-refractivity contribution in [3.8, 4) is 0 Å². The van der Waals surface area contributed by atoms with E-state index in [2.05, 4.69) is 34.3 Å². The highest BCUT2D eigenvalue weighted by Gasteiger charge is 2.16. The third kappa shape index (κ3) is 2.23. The molecular weight excluding hydrogens is 192 g/mol. The molecule has 0 saturated heterocycles. The second kappa shape index (κ2) is 4.73. The van der Waals surface area contributed by atoms with Gasteiger partial charge >= 0.3 is 0 Å². The molecule has 14 heavy (non-hydrogen) atoms. The van der Waals surface area contributed by atoms with E-state index in [9.17, 15) is 0 Å². The van der Waals surface area contributed by atoms with Gasteiger partial charge in [0.05, 0.1) is 0 Å². The third-order valence-electron chi connectivity index (χ3n) is 2.63. The summed E-state index contributed by atoms with van der Waals surface area (Å²) in [5.74, 6) is 0. The highest BCUT2D eigenvalue weighted by atomic mass is 32.1. The molecule has 0 aromatic carbocycles. The molecule has 1 unspecified atom stereocenters. The van der Waals surface area contributed by atoms with Crippen LogP contribution in [0.5, 0.6) is 0 Å². The van der Waals surface area contributed by atoms with Crippen molar-refractivity contribution in [1.82, 2.24) is 5.32 Å². The van der Waals surface area contributed by atoms with E-state index in [0.717, 1.165) is 12.8 Å². The van der Waals surface area contributed by atoms with Gasteiger partial charge in [-0.2, -0.15) is 11.3 Å². The molecule has 0 bridgehead atoms. The lowest BCUT2D eigenvalue weighted by molar-refractivity contribution is 0.454. The summed E-state index contributed by atoms with van der Waals surface area (Å²) in [6.45, 7) is 0.674. The summed E-state index contributed by atoms with van der Waals surface area (Å²) in [5.41, 5.74) is 7.09. The Morgan fingerprint density at radius 1 is 1.50 bits per heavy atom. The molecule has 1 heterocycles. The van der Waals surface area contributed by atoms with Crippen LogP contribution in [-0.2, 0) is 0 Å². The van der Waals surface area contributed by atoms with Gasteiger partial charge in [-0.15, -0.1) is 0 Å². The zero-order valence-corrected chi connectivity index (χ0v) is 8.96. The van der Waals surface area contributed by atoms with E-state index in [0.29, 0.717) is 18.6 Å². The Hall–Kier alpha value is -0.640. The van der Waals surface area contributed by atoms with Crippen LogP contribution in [0.15, 0.2) is 29.0 Å². The quantitative estimate of drug-likeness (QED) is 0.743. The number of hydrogen-bond donors (Lipinski definition) is 2. The van der Waals surface area contributed by atoms with Gasteiger partial charge in [0.25, 0.3) is 0 Å². The molecule has 0 fully saturated rings. The Kier molecular flexibility index (Phi) is 3.35. The van der Waals surface area contributed by atoms with Crippen LogP contribution in [0.2, 0.25) is 0 Å². The smallest absolute Gasteiger partial charge is 0.0455 e. The molecule has 1 atom stereocenters. The molecule has 2 rings (SSSR count). The van der Waals surface area contributed by atoms with Gasteiger partial charge in [0.15, 0.2) is 0 Å². The summed E-state index contributed by atoms with van der Waals surface area (Å²) >= 11 is 1.73.